The van der Waals surface area contributed by atoms with E-state index in [0.717, 1.165) is 11.5 Å². The molecule has 1 aromatic rings. The van der Waals surface area contributed by atoms with Crippen molar-refractivity contribution in [1.82, 2.24) is 10.3 Å². The first kappa shape index (κ1) is 12.9. The largest absolute Gasteiger partial charge is 0.456 e. The van der Waals surface area contributed by atoms with Crippen LogP contribution in [0.3, 0.4) is 0 Å². The molecule has 1 saturated heterocycles. The summed E-state index contributed by atoms with van der Waals surface area (Å²) in [7, 11) is 0. The van der Waals surface area contributed by atoms with Gasteiger partial charge in [-0.3, -0.25) is 0 Å². The lowest BCUT2D eigenvalue weighted by molar-refractivity contribution is -0.159. The Morgan fingerprint density at radius 2 is 2.22 bits per heavy atom. The van der Waals surface area contributed by atoms with Gasteiger partial charge in [-0.1, -0.05) is 0 Å². The van der Waals surface area contributed by atoms with E-state index in [1.54, 1.807) is 6.92 Å². The van der Waals surface area contributed by atoms with Gasteiger partial charge in [-0.2, -0.15) is 8.78 Å². The van der Waals surface area contributed by atoms with Crippen molar-refractivity contribution >= 4 is 5.97 Å². The van der Waals surface area contributed by atoms with Crippen LogP contribution < -0.4 is 5.32 Å². The second-order valence-electron chi connectivity index (χ2n) is 4.32. The van der Waals surface area contributed by atoms with E-state index in [2.05, 4.69) is 15.0 Å². The van der Waals surface area contributed by atoms with E-state index in [9.17, 15) is 13.6 Å². The van der Waals surface area contributed by atoms with Gasteiger partial charge in [0.1, 0.15) is 11.9 Å². The number of ether oxygens (including phenoxy) is 1. The van der Waals surface area contributed by atoms with E-state index in [0.29, 0.717) is 12.4 Å². The predicted molar refractivity (Wildman–Crippen MR) is 57.1 cm³/mol. The molecule has 0 spiro atoms. The number of aromatic nitrogens is 1. The highest BCUT2D eigenvalue weighted by Crippen LogP contribution is 2.30. The zero-order valence-electron chi connectivity index (χ0n) is 10.1. The number of alkyl halides is 2. The number of aryl methyl sites for hydroxylation is 2. The Labute approximate surface area is 103 Å². The molecule has 1 fully saturated rings. The van der Waals surface area contributed by atoms with Crippen LogP contribution in [0.25, 0.3) is 0 Å². The average molecular weight is 260 g/mol. The van der Waals surface area contributed by atoms with E-state index < -0.39 is 24.4 Å². The summed E-state index contributed by atoms with van der Waals surface area (Å²) in [5, 5.41) is 2.88. The van der Waals surface area contributed by atoms with Crippen molar-refractivity contribution in [2.45, 2.75) is 38.8 Å². The molecule has 1 atom stereocenters. The molecule has 0 amide bonds. The number of hydrogen-bond donors (Lipinski definition) is 1. The second-order valence-corrected chi connectivity index (χ2v) is 4.32. The molecule has 1 N–H and O–H groups in total. The number of nitrogens with one attached hydrogen (secondary N) is 1. The van der Waals surface area contributed by atoms with Crippen molar-refractivity contribution in [1.29, 1.82) is 0 Å². The average Bonchev–Trinajstić information content (AvgIpc) is 2.69. The topological polar surface area (TPSA) is 64.4 Å². The molecule has 0 aliphatic carbocycles. The molecular weight excluding hydrogens is 246 g/mol. The number of cyclic esters (lactones) is 1. The Hall–Kier alpha value is -1.50. The Kier molecular flexibility index (Phi) is 3.34. The normalized spacial score (nSPS) is 22.2. The fourth-order valence-corrected chi connectivity index (χ4v) is 1.72. The smallest absolute Gasteiger partial charge is 0.377 e. The van der Waals surface area contributed by atoms with Crippen LogP contribution in [0.15, 0.2) is 4.42 Å². The summed E-state index contributed by atoms with van der Waals surface area (Å²) in [6, 6.07) is 0. The highest BCUT2D eigenvalue weighted by Gasteiger charge is 2.50. The van der Waals surface area contributed by atoms with Gasteiger partial charge in [-0.05, 0) is 13.8 Å². The number of oxazole rings is 1. The van der Waals surface area contributed by atoms with Crippen molar-refractivity contribution in [2.75, 3.05) is 6.54 Å². The van der Waals surface area contributed by atoms with Crippen molar-refractivity contribution in [2.24, 2.45) is 0 Å². The molecule has 1 aliphatic heterocycles. The van der Waals surface area contributed by atoms with Gasteiger partial charge in [-0.25, -0.2) is 9.78 Å². The van der Waals surface area contributed by atoms with E-state index in [1.165, 1.54) is 0 Å². The van der Waals surface area contributed by atoms with Crippen LogP contribution in [0.1, 0.15) is 23.8 Å². The standard InChI is InChI=1S/C11H14F2N2O3/c1-6-7(2)17-9(15-6)5-14-4-8-3-11(12,13)10(16)18-8/h8,14H,3-5H2,1-2H3. The monoisotopic (exact) mass is 260 g/mol. The van der Waals surface area contributed by atoms with Crippen molar-refractivity contribution in [3.05, 3.63) is 17.3 Å². The summed E-state index contributed by atoms with van der Waals surface area (Å²) in [6.45, 7) is 4.09. The molecule has 2 heterocycles. The number of carbonyl (C=O) groups excluding carboxylic acids is 1. The molecule has 0 radical (unpaired) electrons. The van der Waals surface area contributed by atoms with Crippen LogP contribution in [0, 0.1) is 13.8 Å². The first-order valence-electron chi connectivity index (χ1n) is 5.61. The van der Waals surface area contributed by atoms with Crippen LogP contribution >= 0.6 is 0 Å². The zero-order chi connectivity index (χ0) is 13.3. The van der Waals surface area contributed by atoms with Crippen molar-refractivity contribution in [3.63, 3.8) is 0 Å². The maximum Gasteiger partial charge on any atom is 0.377 e. The van der Waals surface area contributed by atoms with E-state index >= 15 is 0 Å². The summed E-state index contributed by atoms with van der Waals surface area (Å²) >= 11 is 0. The number of rotatable bonds is 4. The van der Waals surface area contributed by atoms with Gasteiger partial charge in [0, 0.05) is 6.54 Å². The first-order chi connectivity index (χ1) is 8.38. The fourth-order valence-electron chi connectivity index (χ4n) is 1.72. The highest BCUT2D eigenvalue weighted by molar-refractivity contribution is 5.79. The van der Waals surface area contributed by atoms with Gasteiger partial charge in [0.2, 0.25) is 5.89 Å². The molecule has 1 unspecified atom stereocenters. The van der Waals surface area contributed by atoms with Crippen LogP contribution in [-0.4, -0.2) is 29.5 Å². The molecule has 7 heteroatoms. The zero-order valence-corrected chi connectivity index (χ0v) is 10.1. The highest BCUT2D eigenvalue weighted by atomic mass is 19.3. The molecule has 5 nitrogen and oxygen atoms in total. The van der Waals surface area contributed by atoms with Gasteiger partial charge in [0.05, 0.1) is 18.7 Å². The predicted octanol–water partition coefficient (Wildman–Crippen LogP) is 1.33. The molecule has 18 heavy (non-hydrogen) atoms. The lowest BCUT2D eigenvalue weighted by atomic mass is 10.2. The number of carbonyl (C=O) groups is 1. The van der Waals surface area contributed by atoms with Crippen LogP contribution in [0.4, 0.5) is 8.78 Å². The fraction of sp³-hybridized carbons (Fsp3) is 0.636. The lowest BCUT2D eigenvalue weighted by Crippen LogP contribution is -2.26. The third-order valence-electron chi connectivity index (χ3n) is 2.78. The van der Waals surface area contributed by atoms with E-state index in [1.807, 2.05) is 6.92 Å². The molecule has 1 aromatic heterocycles. The van der Waals surface area contributed by atoms with E-state index in [-0.39, 0.29) is 6.54 Å². The Morgan fingerprint density at radius 3 is 2.72 bits per heavy atom. The molecule has 1 aliphatic rings. The quantitative estimate of drug-likeness (QED) is 0.827. The summed E-state index contributed by atoms with van der Waals surface area (Å²) in [5.74, 6) is -3.59. The number of esters is 1. The minimum atomic E-state index is -3.36. The minimum Gasteiger partial charge on any atom is -0.456 e. The second kappa shape index (κ2) is 4.64. The van der Waals surface area contributed by atoms with Crippen molar-refractivity contribution in [3.8, 4) is 0 Å². The Balaban J connectivity index is 1.78. The van der Waals surface area contributed by atoms with Crippen molar-refractivity contribution < 1.29 is 22.7 Å². The van der Waals surface area contributed by atoms with Gasteiger partial charge < -0.3 is 14.5 Å². The molecule has 0 aromatic carbocycles. The summed E-state index contributed by atoms with van der Waals surface area (Å²) in [6.07, 6.45) is -1.38. The number of nitrogens with zero attached hydrogens (tertiary/aromatic N) is 1. The number of hydrogen-bond acceptors (Lipinski definition) is 5. The summed E-state index contributed by atoms with van der Waals surface area (Å²) < 4.78 is 35.6. The van der Waals surface area contributed by atoms with Gasteiger partial charge in [0.15, 0.2) is 0 Å². The van der Waals surface area contributed by atoms with Crippen LogP contribution in [0.5, 0.6) is 0 Å². The SMILES string of the molecule is Cc1nc(CNCC2CC(F)(F)C(=O)O2)oc1C. The molecule has 100 valence electrons. The number of halogens is 2. The maximum atomic E-state index is 12.9. The minimum absolute atomic E-state index is 0.155. The molecular formula is C11H14F2N2O3. The Morgan fingerprint density at radius 1 is 1.50 bits per heavy atom. The van der Waals surface area contributed by atoms with Gasteiger partial charge >= 0.3 is 11.9 Å². The Bertz CT molecular complexity index is 440. The summed E-state index contributed by atoms with van der Waals surface area (Å²) in [4.78, 5) is 14.9. The first-order valence-corrected chi connectivity index (χ1v) is 5.61. The third-order valence-corrected chi connectivity index (χ3v) is 2.78. The van der Waals surface area contributed by atoms with Gasteiger partial charge in [-0.15, -0.1) is 0 Å². The van der Waals surface area contributed by atoms with Crippen LogP contribution in [-0.2, 0) is 16.1 Å². The maximum absolute atomic E-state index is 12.9. The van der Waals surface area contributed by atoms with Gasteiger partial charge in [0.25, 0.3) is 0 Å². The summed E-state index contributed by atoms with van der Waals surface area (Å²) in [5.41, 5.74) is 0.797. The third kappa shape index (κ3) is 2.66. The van der Waals surface area contributed by atoms with E-state index in [4.69, 9.17) is 4.42 Å². The molecule has 0 saturated carbocycles. The molecule has 2 rings (SSSR count). The van der Waals surface area contributed by atoms with Crippen LogP contribution in [0.2, 0.25) is 0 Å². The lowest BCUT2D eigenvalue weighted by Gasteiger charge is -2.08. The molecule has 0 bridgehead atoms.